The maximum absolute atomic E-state index is 11.5. The average Bonchev–Trinajstić information content (AvgIpc) is 2.42. The number of anilines is 1. The highest BCUT2D eigenvalue weighted by Gasteiger charge is 2.25. The first-order valence-electron chi connectivity index (χ1n) is 6.66. The van der Waals surface area contributed by atoms with E-state index in [-0.39, 0.29) is 24.9 Å². The van der Waals surface area contributed by atoms with E-state index in [1.807, 2.05) is 12.1 Å². The lowest BCUT2D eigenvalue weighted by Crippen LogP contribution is -2.51. The Kier molecular flexibility index (Phi) is 5.55. The summed E-state index contributed by atoms with van der Waals surface area (Å²) in [7, 11) is 1.64. The molecule has 1 fully saturated rings. The lowest BCUT2D eigenvalue weighted by atomic mass is 10.1. The number of nitrogens with one attached hydrogen (secondary N) is 2. The van der Waals surface area contributed by atoms with E-state index in [1.54, 1.807) is 18.1 Å². The summed E-state index contributed by atoms with van der Waals surface area (Å²) in [5.41, 5.74) is 1.67. The number of hydrogen-bond donors (Lipinski definition) is 2. The van der Waals surface area contributed by atoms with Crippen LogP contribution in [0.3, 0.4) is 0 Å². The Labute approximate surface area is 128 Å². The third-order valence-electron chi connectivity index (χ3n) is 3.13. The van der Waals surface area contributed by atoms with Crippen molar-refractivity contribution in [2.24, 2.45) is 0 Å². The minimum Gasteiger partial charge on any atom is -0.383 e. The fourth-order valence-electron chi connectivity index (χ4n) is 2.25. The highest BCUT2D eigenvalue weighted by molar-refractivity contribution is 6.33. The van der Waals surface area contributed by atoms with Crippen LogP contribution in [0.1, 0.15) is 5.56 Å². The number of nitrogens with zero attached hydrogens (tertiary/aromatic N) is 1. The normalized spacial score (nSPS) is 15.2. The van der Waals surface area contributed by atoms with Crippen LogP contribution in [0, 0.1) is 0 Å². The zero-order chi connectivity index (χ0) is 15.2. The number of methoxy groups -OCH3 is 1. The second-order valence-corrected chi connectivity index (χ2v) is 5.15. The molecule has 1 aliphatic rings. The second kappa shape index (κ2) is 7.40. The van der Waals surface area contributed by atoms with Crippen molar-refractivity contribution in [3.8, 4) is 0 Å². The van der Waals surface area contributed by atoms with Gasteiger partial charge in [-0.15, -0.1) is 0 Å². The van der Waals surface area contributed by atoms with Gasteiger partial charge in [-0.25, -0.2) is 0 Å². The number of hydrogen-bond acceptors (Lipinski definition) is 5. The predicted octanol–water partition coefficient (Wildman–Crippen LogP) is 0.539. The van der Waals surface area contributed by atoms with Crippen LogP contribution < -0.4 is 15.5 Å². The quantitative estimate of drug-likeness (QED) is 0.593. The molecule has 0 aliphatic carbocycles. The number of benzene rings is 1. The van der Waals surface area contributed by atoms with Gasteiger partial charge in [0.2, 0.25) is 11.8 Å². The Balaban J connectivity index is 2.16. The van der Waals surface area contributed by atoms with Crippen molar-refractivity contribution in [2.45, 2.75) is 6.54 Å². The largest absolute Gasteiger partial charge is 0.383 e. The van der Waals surface area contributed by atoms with E-state index in [0.29, 0.717) is 24.7 Å². The highest BCUT2D eigenvalue weighted by Crippen LogP contribution is 2.30. The fourth-order valence-corrected chi connectivity index (χ4v) is 2.56. The Morgan fingerprint density at radius 2 is 2.05 bits per heavy atom. The minimum atomic E-state index is -0.315. The molecular weight excluding hydrogens is 294 g/mol. The van der Waals surface area contributed by atoms with Crippen LogP contribution in [0.2, 0.25) is 5.02 Å². The standard InChI is InChI=1S/C14H18ClN3O3/c1-21-6-5-16-7-10-3-2-4-11(15)14(10)18-8-12(19)17-13(20)9-18/h2-4,16H,5-9H2,1H3,(H,17,19,20). The van der Waals surface area contributed by atoms with Crippen LogP contribution in [0.25, 0.3) is 0 Å². The molecule has 0 spiro atoms. The third-order valence-corrected chi connectivity index (χ3v) is 3.44. The van der Waals surface area contributed by atoms with Gasteiger partial charge in [-0.3, -0.25) is 14.9 Å². The van der Waals surface area contributed by atoms with Gasteiger partial charge >= 0.3 is 0 Å². The minimum absolute atomic E-state index is 0.126. The van der Waals surface area contributed by atoms with E-state index in [0.717, 1.165) is 11.3 Å². The van der Waals surface area contributed by atoms with Crippen LogP contribution in [-0.4, -0.2) is 45.2 Å². The van der Waals surface area contributed by atoms with Gasteiger partial charge in [0.25, 0.3) is 0 Å². The van der Waals surface area contributed by atoms with Crippen molar-refractivity contribution >= 4 is 29.1 Å². The SMILES string of the molecule is COCCNCc1cccc(Cl)c1N1CC(=O)NC(=O)C1. The zero-order valence-electron chi connectivity index (χ0n) is 11.8. The molecule has 0 aromatic heterocycles. The number of carbonyl (C=O) groups is 2. The summed E-state index contributed by atoms with van der Waals surface area (Å²) in [5.74, 6) is -0.631. The molecular formula is C14H18ClN3O3. The van der Waals surface area contributed by atoms with E-state index in [4.69, 9.17) is 16.3 Å². The van der Waals surface area contributed by atoms with Crippen molar-refractivity contribution in [3.63, 3.8) is 0 Å². The third kappa shape index (κ3) is 4.17. The number of amides is 2. The monoisotopic (exact) mass is 311 g/mol. The molecule has 21 heavy (non-hydrogen) atoms. The summed E-state index contributed by atoms with van der Waals surface area (Å²) < 4.78 is 4.98. The second-order valence-electron chi connectivity index (χ2n) is 4.74. The number of piperazine rings is 1. The summed E-state index contributed by atoms with van der Waals surface area (Å²) in [6.45, 7) is 2.16. The number of ether oxygens (including phenoxy) is 1. The zero-order valence-corrected chi connectivity index (χ0v) is 12.6. The number of para-hydroxylation sites is 1. The van der Waals surface area contributed by atoms with E-state index >= 15 is 0 Å². The van der Waals surface area contributed by atoms with Gasteiger partial charge in [0, 0.05) is 20.2 Å². The Hall–Kier alpha value is -1.63. The molecule has 0 bridgehead atoms. The van der Waals surface area contributed by atoms with Crippen LogP contribution in [0.15, 0.2) is 18.2 Å². The summed E-state index contributed by atoms with van der Waals surface area (Å²) in [6, 6.07) is 5.54. The number of rotatable bonds is 6. The Bertz CT molecular complexity index is 520. The van der Waals surface area contributed by atoms with E-state index in [9.17, 15) is 9.59 Å². The smallest absolute Gasteiger partial charge is 0.246 e. The van der Waals surface area contributed by atoms with Gasteiger partial charge in [-0.1, -0.05) is 23.7 Å². The van der Waals surface area contributed by atoms with Crippen LogP contribution >= 0.6 is 11.6 Å². The summed E-state index contributed by atoms with van der Waals surface area (Å²) in [6.07, 6.45) is 0. The molecule has 2 rings (SSSR count). The van der Waals surface area contributed by atoms with Crippen molar-refractivity contribution in [1.29, 1.82) is 0 Å². The first kappa shape index (κ1) is 15.8. The lowest BCUT2D eigenvalue weighted by Gasteiger charge is -2.30. The molecule has 1 saturated heterocycles. The molecule has 0 atom stereocenters. The topological polar surface area (TPSA) is 70.7 Å². The molecule has 0 radical (unpaired) electrons. The van der Waals surface area contributed by atoms with Crippen LogP contribution in [0.5, 0.6) is 0 Å². The van der Waals surface area contributed by atoms with Gasteiger partial charge in [-0.05, 0) is 11.6 Å². The van der Waals surface area contributed by atoms with Crippen molar-refractivity contribution in [3.05, 3.63) is 28.8 Å². The van der Waals surface area contributed by atoms with Crippen LogP contribution in [0.4, 0.5) is 5.69 Å². The van der Waals surface area contributed by atoms with Crippen molar-refractivity contribution in [1.82, 2.24) is 10.6 Å². The molecule has 2 N–H and O–H groups in total. The van der Waals surface area contributed by atoms with E-state index in [1.165, 1.54) is 0 Å². The van der Waals surface area contributed by atoms with E-state index < -0.39 is 0 Å². The molecule has 6 nitrogen and oxygen atoms in total. The number of carbonyl (C=O) groups excluding carboxylic acids is 2. The average molecular weight is 312 g/mol. The number of halogens is 1. The Morgan fingerprint density at radius 1 is 1.33 bits per heavy atom. The maximum Gasteiger partial charge on any atom is 0.246 e. The summed E-state index contributed by atoms with van der Waals surface area (Å²) >= 11 is 6.26. The molecule has 0 saturated carbocycles. The van der Waals surface area contributed by atoms with Gasteiger partial charge in [0.1, 0.15) is 0 Å². The molecule has 2 amide bonds. The fraction of sp³-hybridized carbons (Fsp3) is 0.429. The molecule has 1 aromatic rings. The predicted molar refractivity (Wildman–Crippen MR) is 80.4 cm³/mol. The number of imide groups is 1. The van der Waals surface area contributed by atoms with Crippen LogP contribution in [-0.2, 0) is 20.9 Å². The van der Waals surface area contributed by atoms with Gasteiger partial charge in [0.15, 0.2) is 0 Å². The summed E-state index contributed by atoms with van der Waals surface area (Å²) in [4.78, 5) is 24.8. The maximum atomic E-state index is 11.5. The van der Waals surface area contributed by atoms with Crippen molar-refractivity contribution in [2.75, 3.05) is 38.3 Å². The first-order chi connectivity index (χ1) is 10.1. The van der Waals surface area contributed by atoms with Crippen molar-refractivity contribution < 1.29 is 14.3 Å². The molecule has 114 valence electrons. The molecule has 1 aromatic carbocycles. The molecule has 1 heterocycles. The highest BCUT2D eigenvalue weighted by atomic mass is 35.5. The van der Waals surface area contributed by atoms with E-state index in [2.05, 4.69) is 10.6 Å². The first-order valence-corrected chi connectivity index (χ1v) is 7.04. The molecule has 7 heteroatoms. The molecule has 0 unspecified atom stereocenters. The lowest BCUT2D eigenvalue weighted by molar-refractivity contribution is -0.130. The Morgan fingerprint density at radius 3 is 2.71 bits per heavy atom. The van der Waals surface area contributed by atoms with Gasteiger partial charge < -0.3 is 15.0 Å². The van der Waals surface area contributed by atoms with Gasteiger partial charge in [-0.2, -0.15) is 0 Å². The van der Waals surface area contributed by atoms with Gasteiger partial charge in [0.05, 0.1) is 30.4 Å². The summed E-state index contributed by atoms with van der Waals surface area (Å²) in [5, 5.41) is 6.05. The molecule has 1 aliphatic heterocycles.